The van der Waals surface area contributed by atoms with E-state index >= 15 is 0 Å². The van der Waals surface area contributed by atoms with Crippen molar-refractivity contribution in [2.24, 2.45) is 0 Å². The van der Waals surface area contributed by atoms with Crippen molar-refractivity contribution >= 4 is 65.4 Å². The van der Waals surface area contributed by atoms with Gasteiger partial charge in [-0.1, -0.05) is 46.3 Å². The summed E-state index contributed by atoms with van der Waals surface area (Å²) in [7, 11) is 0. The average molecular weight is 560 g/mol. The third-order valence-electron chi connectivity index (χ3n) is 3.81. The number of hydrogen-bond donors (Lipinski definition) is 2. The molecule has 3 rings (SSSR count). The molecule has 0 saturated carbocycles. The molecule has 2 N–H and O–H groups in total. The summed E-state index contributed by atoms with van der Waals surface area (Å²) in [6, 6.07) is 15.2. The Morgan fingerprint density at radius 3 is 2.59 bits per heavy atom. The fraction of sp³-hybridized carbons (Fsp3) is 0.167. The molecule has 2 aromatic carbocycles. The van der Waals surface area contributed by atoms with Crippen LogP contribution in [0.4, 0.5) is 16.4 Å². The van der Waals surface area contributed by atoms with Gasteiger partial charge in [-0.05, 0) is 44.4 Å². The molecule has 0 bridgehead atoms. The van der Waals surface area contributed by atoms with Gasteiger partial charge in [0.2, 0.25) is 5.27 Å². The number of benzene rings is 2. The van der Waals surface area contributed by atoms with E-state index in [1.165, 1.54) is 5.56 Å². The lowest BCUT2D eigenvalue weighted by Gasteiger charge is -2.07. The zero-order valence-electron chi connectivity index (χ0n) is 14.2. The lowest BCUT2D eigenvalue weighted by Crippen LogP contribution is -2.41. The van der Waals surface area contributed by atoms with Gasteiger partial charge in [-0.25, -0.2) is 4.79 Å². The SMILES string of the molecule is C[C@@H](Cc1ccccc1)[n+]1noc(NC(=O)Nc2ccc(Br)cc2Br)c1Br. The predicted octanol–water partition coefficient (Wildman–Crippen LogP) is 5.70. The van der Waals surface area contributed by atoms with Gasteiger partial charge in [-0.3, -0.25) is 9.84 Å². The maximum absolute atomic E-state index is 12.3. The fourth-order valence-corrected chi connectivity index (χ4v) is 4.23. The number of anilines is 2. The minimum absolute atomic E-state index is 0.0461. The second-order valence-corrected chi connectivity index (χ2v) is 8.40. The van der Waals surface area contributed by atoms with Crippen LogP contribution in [0.15, 0.2) is 66.6 Å². The lowest BCUT2D eigenvalue weighted by atomic mass is 10.1. The Kier molecular flexibility index (Phi) is 6.67. The number of amides is 2. The van der Waals surface area contributed by atoms with Crippen molar-refractivity contribution in [3.63, 3.8) is 0 Å². The maximum atomic E-state index is 12.3. The van der Waals surface area contributed by atoms with Crippen molar-refractivity contribution in [3.05, 3.63) is 67.6 Å². The van der Waals surface area contributed by atoms with E-state index in [0.29, 0.717) is 10.3 Å². The van der Waals surface area contributed by atoms with Crippen molar-refractivity contribution < 1.29 is 14.0 Å². The summed E-state index contributed by atoms with van der Waals surface area (Å²) in [6.07, 6.45) is 0.786. The van der Waals surface area contributed by atoms with Gasteiger partial charge in [0.1, 0.15) is 0 Å². The number of nitrogens with one attached hydrogen (secondary N) is 2. The molecule has 0 unspecified atom stereocenters. The molecule has 1 atom stereocenters. The molecule has 0 aliphatic carbocycles. The summed E-state index contributed by atoms with van der Waals surface area (Å²) < 4.78 is 9.21. The molecule has 0 radical (unpaired) electrons. The summed E-state index contributed by atoms with van der Waals surface area (Å²) in [4.78, 5) is 12.3. The summed E-state index contributed by atoms with van der Waals surface area (Å²) >= 11 is 10.2. The molecule has 9 heteroatoms. The Morgan fingerprint density at radius 1 is 1.15 bits per heavy atom. The highest BCUT2D eigenvalue weighted by Gasteiger charge is 2.28. The van der Waals surface area contributed by atoms with Crippen LogP contribution in [-0.4, -0.2) is 11.3 Å². The highest BCUT2D eigenvalue weighted by atomic mass is 79.9. The topological polar surface area (TPSA) is 71.0 Å². The van der Waals surface area contributed by atoms with Crippen molar-refractivity contribution in [2.75, 3.05) is 10.6 Å². The molecule has 0 spiro atoms. The number of hydrogen-bond acceptors (Lipinski definition) is 3. The van der Waals surface area contributed by atoms with Crippen molar-refractivity contribution in [1.29, 1.82) is 0 Å². The van der Waals surface area contributed by atoms with Gasteiger partial charge in [0.05, 0.1) is 5.69 Å². The molecule has 0 aliphatic heterocycles. The second-order valence-electron chi connectivity index (χ2n) is 5.88. The molecule has 140 valence electrons. The summed E-state index contributed by atoms with van der Waals surface area (Å²) in [5.74, 6) is 0.237. The van der Waals surface area contributed by atoms with Crippen molar-refractivity contribution in [1.82, 2.24) is 5.27 Å². The van der Waals surface area contributed by atoms with Crippen LogP contribution in [0.2, 0.25) is 0 Å². The normalized spacial score (nSPS) is 11.9. The first kappa shape index (κ1) is 20.0. The van der Waals surface area contributed by atoms with Gasteiger partial charge in [0.15, 0.2) is 6.04 Å². The molecule has 0 aliphatic rings. The number of aromatic nitrogens is 2. The van der Waals surface area contributed by atoms with Crippen LogP contribution >= 0.6 is 47.8 Å². The fourth-order valence-electron chi connectivity index (χ4n) is 2.50. The first-order valence-electron chi connectivity index (χ1n) is 8.08. The Labute approximate surface area is 181 Å². The molecule has 2 amide bonds. The lowest BCUT2D eigenvalue weighted by molar-refractivity contribution is -0.790. The number of carbonyl (C=O) groups excluding carboxylic acids is 1. The summed E-state index contributed by atoms with van der Waals surface area (Å²) in [5, 5.41) is 9.45. The first-order valence-corrected chi connectivity index (χ1v) is 10.5. The van der Waals surface area contributed by atoms with Crippen LogP contribution in [0.25, 0.3) is 0 Å². The van der Waals surface area contributed by atoms with Gasteiger partial charge in [-0.15, -0.1) is 0 Å². The van der Waals surface area contributed by atoms with Crippen LogP contribution in [-0.2, 0) is 6.42 Å². The van der Waals surface area contributed by atoms with Gasteiger partial charge in [-0.2, -0.15) is 0 Å². The quantitative estimate of drug-likeness (QED) is 0.394. The van der Waals surface area contributed by atoms with E-state index in [1.807, 2.05) is 37.3 Å². The molecule has 1 heterocycles. The molecular formula is C18H16Br3N4O2+. The third-order valence-corrected chi connectivity index (χ3v) is 5.68. The Hall–Kier alpha value is -1.71. The molecular weight excluding hydrogens is 544 g/mol. The highest BCUT2D eigenvalue weighted by molar-refractivity contribution is 9.11. The molecule has 1 aromatic heterocycles. The van der Waals surface area contributed by atoms with E-state index in [9.17, 15) is 4.79 Å². The summed E-state index contributed by atoms with van der Waals surface area (Å²) in [6.45, 7) is 2.03. The van der Waals surface area contributed by atoms with E-state index < -0.39 is 6.03 Å². The highest BCUT2D eigenvalue weighted by Crippen LogP contribution is 2.26. The number of carbonyl (C=O) groups is 1. The number of urea groups is 1. The molecule has 0 saturated heterocycles. The molecule has 3 aromatic rings. The maximum Gasteiger partial charge on any atom is 0.340 e. The Morgan fingerprint density at radius 2 is 1.89 bits per heavy atom. The van der Waals surface area contributed by atoms with Crippen molar-refractivity contribution in [2.45, 2.75) is 19.4 Å². The smallest absolute Gasteiger partial charge is 0.307 e. The van der Waals surface area contributed by atoms with Gasteiger partial charge in [0, 0.05) is 38.2 Å². The van der Waals surface area contributed by atoms with Crippen LogP contribution < -0.4 is 15.3 Å². The minimum atomic E-state index is -0.433. The van der Waals surface area contributed by atoms with Crippen molar-refractivity contribution in [3.8, 4) is 0 Å². The number of halogens is 3. The Bertz CT molecular complexity index is 947. The molecule has 27 heavy (non-hydrogen) atoms. The predicted molar refractivity (Wildman–Crippen MR) is 114 cm³/mol. The second kappa shape index (κ2) is 8.99. The zero-order valence-corrected chi connectivity index (χ0v) is 19.0. The monoisotopic (exact) mass is 557 g/mol. The van der Waals surface area contributed by atoms with Crippen LogP contribution in [0.1, 0.15) is 18.5 Å². The summed E-state index contributed by atoms with van der Waals surface area (Å²) in [5.41, 5.74) is 1.83. The van der Waals surface area contributed by atoms with E-state index in [2.05, 4.69) is 75.8 Å². The zero-order chi connectivity index (χ0) is 19.4. The molecule has 6 nitrogen and oxygen atoms in total. The largest absolute Gasteiger partial charge is 0.340 e. The minimum Gasteiger partial charge on any atom is -0.307 e. The van der Waals surface area contributed by atoms with Crippen LogP contribution in [0.5, 0.6) is 0 Å². The van der Waals surface area contributed by atoms with E-state index in [0.717, 1.165) is 15.4 Å². The number of nitrogens with zero attached hydrogens (tertiary/aromatic N) is 2. The first-order chi connectivity index (χ1) is 12.9. The van der Waals surface area contributed by atoms with Gasteiger partial charge in [0.25, 0.3) is 0 Å². The van der Waals surface area contributed by atoms with E-state index in [1.54, 1.807) is 10.7 Å². The van der Waals surface area contributed by atoms with E-state index in [-0.39, 0.29) is 11.9 Å². The van der Waals surface area contributed by atoms with Crippen LogP contribution in [0, 0.1) is 0 Å². The standard InChI is InChI=1S/C18H15Br3N4O2/c1-11(9-12-5-3-2-4-6-12)25-16(21)17(27-24-25)23-18(26)22-15-8-7-13(19)10-14(15)20/h2-8,10-11H,9H2,1H3,(H-,22,23,24,26)/p+1/t11-/m0/s1. The van der Waals surface area contributed by atoms with E-state index in [4.69, 9.17) is 4.52 Å². The third kappa shape index (κ3) is 5.18. The average Bonchev–Trinajstić information content (AvgIpc) is 2.99. The van der Waals surface area contributed by atoms with Crippen LogP contribution in [0.3, 0.4) is 0 Å². The Balaban J connectivity index is 1.66. The number of rotatable bonds is 5. The van der Waals surface area contributed by atoms with Gasteiger partial charge < -0.3 is 5.32 Å². The van der Waals surface area contributed by atoms with Gasteiger partial charge >= 0.3 is 16.5 Å². The molecule has 0 fully saturated rings.